The number of halogens is 2. The lowest BCUT2D eigenvalue weighted by molar-refractivity contribution is -0.129. The third kappa shape index (κ3) is 10.0. The maximum absolute atomic E-state index is 12.3. The number of ether oxygens (including phenoxy) is 2. The van der Waals surface area contributed by atoms with Crippen molar-refractivity contribution in [1.29, 1.82) is 0 Å². The molecule has 0 bridgehead atoms. The monoisotopic (exact) mass is 676 g/mol. The number of hydrazone groups is 2. The molecule has 0 fully saturated rings. The molecule has 10 heteroatoms. The number of rotatable bonds is 12. The summed E-state index contributed by atoms with van der Waals surface area (Å²) in [6.45, 7) is 0.772. The molecule has 4 rings (SSSR count). The van der Waals surface area contributed by atoms with Gasteiger partial charge in [0, 0.05) is 20.1 Å². The largest absolute Gasteiger partial charge is 0.488 e. The van der Waals surface area contributed by atoms with Crippen LogP contribution in [0.4, 0.5) is 0 Å². The summed E-state index contributed by atoms with van der Waals surface area (Å²) in [4.78, 5) is 24.5. The molecular formula is C31H26Br2N4O4. The zero-order valence-corrected chi connectivity index (χ0v) is 25.0. The Bertz CT molecular complexity index is 1420. The van der Waals surface area contributed by atoms with Crippen LogP contribution in [0.15, 0.2) is 116 Å². The number of amides is 2. The molecule has 2 amide bonds. The van der Waals surface area contributed by atoms with Gasteiger partial charge < -0.3 is 9.47 Å². The van der Waals surface area contributed by atoms with Gasteiger partial charge in [-0.15, -0.1) is 0 Å². The number of hydrogen-bond donors (Lipinski definition) is 2. The fraction of sp³-hybridized carbons (Fsp3) is 0.0968. The summed E-state index contributed by atoms with van der Waals surface area (Å²) in [5.41, 5.74) is 8.08. The van der Waals surface area contributed by atoms with E-state index in [-0.39, 0.29) is 0 Å². The van der Waals surface area contributed by atoms with Crippen molar-refractivity contribution < 1.29 is 19.1 Å². The number of hydrogen-bond acceptors (Lipinski definition) is 6. The number of carbonyl (C=O) groups is 2. The molecule has 0 saturated carbocycles. The van der Waals surface area contributed by atoms with Gasteiger partial charge in [0.25, 0.3) is 0 Å². The summed E-state index contributed by atoms with van der Waals surface area (Å²) in [7, 11) is 0. The molecule has 0 saturated heterocycles. The second-order valence-electron chi connectivity index (χ2n) is 8.68. The van der Waals surface area contributed by atoms with Gasteiger partial charge in [0.15, 0.2) is 0 Å². The second-order valence-corrected chi connectivity index (χ2v) is 10.5. The normalized spacial score (nSPS) is 11.0. The zero-order chi connectivity index (χ0) is 28.9. The van der Waals surface area contributed by atoms with Crippen LogP contribution in [0.25, 0.3) is 0 Å². The van der Waals surface area contributed by atoms with Crippen LogP contribution in [0.1, 0.15) is 28.7 Å². The fourth-order valence-electron chi connectivity index (χ4n) is 3.55. The summed E-state index contributed by atoms with van der Waals surface area (Å²) >= 11 is 6.87. The lowest BCUT2D eigenvalue weighted by atomic mass is 10.2. The predicted molar refractivity (Wildman–Crippen MR) is 166 cm³/mol. The summed E-state index contributed by atoms with van der Waals surface area (Å²) in [5.74, 6) is 0.0127. The molecule has 0 aliphatic carbocycles. The van der Waals surface area contributed by atoms with Crippen LogP contribution in [0, 0.1) is 0 Å². The molecule has 4 aromatic rings. The maximum atomic E-state index is 12.3. The highest BCUT2D eigenvalue weighted by Crippen LogP contribution is 2.24. The molecule has 4 aromatic carbocycles. The molecule has 0 aliphatic rings. The average Bonchev–Trinajstić information content (AvgIpc) is 2.97. The Kier molecular flexibility index (Phi) is 11.2. The Morgan fingerprint density at radius 3 is 1.46 bits per heavy atom. The highest BCUT2D eigenvalue weighted by atomic mass is 79.9. The average molecular weight is 678 g/mol. The number of nitrogens with one attached hydrogen (secondary N) is 2. The van der Waals surface area contributed by atoms with Gasteiger partial charge in [-0.1, -0.05) is 92.5 Å². The van der Waals surface area contributed by atoms with Crippen molar-refractivity contribution in [2.45, 2.75) is 19.6 Å². The molecular weight excluding hydrogens is 652 g/mol. The molecule has 0 unspecified atom stereocenters. The Balaban J connectivity index is 1.27. The third-order valence-corrected chi connectivity index (χ3v) is 6.51. The van der Waals surface area contributed by atoms with Crippen LogP contribution >= 0.6 is 31.9 Å². The van der Waals surface area contributed by atoms with E-state index in [1.807, 2.05) is 97.1 Å². The van der Waals surface area contributed by atoms with Crippen LogP contribution in [0.3, 0.4) is 0 Å². The molecule has 2 N–H and O–H groups in total. The zero-order valence-electron chi connectivity index (χ0n) is 21.8. The van der Waals surface area contributed by atoms with Crippen LogP contribution in [0.5, 0.6) is 11.5 Å². The Labute approximate surface area is 254 Å². The van der Waals surface area contributed by atoms with E-state index in [1.54, 1.807) is 0 Å². The molecule has 41 heavy (non-hydrogen) atoms. The molecule has 0 atom stereocenters. The first-order valence-corrected chi connectivity index (χ1v) is 14.1. The molecule has 8 nitrogen and oxygen atoms in total. The van der Waals surface area contributed by atoms with Crippen LogP contribution in [0.2, 0.25) is 0 Å². The van der Waals surface area contributed by atoms with Gasteiger partial charge in [-0.25, -0.2) is 10.9 Å². The van der Waals surface area contributed by atoms with Crippen molar-refractivity contribution in [1.82, 2.24) is 10.9 Å². The second kappa shape index (κ2) is 15.5. The third-order valence-electron chi connectivity index (χ3n) is 5.52. The van der Waals surface area contributed by atoms with E-state index in [0.29, 0.717) is 35.8 Å². The van der Waals surface area contributed by atoms with Crippen LogP contribution in [-0.2, 0) is 22.8 Å². The van der Waals surface area contributed by atoms with Gasteiger partial charge in [-0.2, -0.15) is 10.2 Å². The molecule has 0 spiro atoms. The number of nitrogens with zero attached hydrogens (tertiary/aromatic N) is 2. The van der Waals surface area contributed by atoms with Crippen LogP contribution in [-0.4, -0.2) is 24.2 Å². The van der Waals surface area contributed by atoms with Crippen molar-refractivity contribution >= 4 is 56.1 Å². The Hall–Kier alpha value is -4.28. The fourth-order valence-corrected chi connectivity index (χ4v) is 4.30. The summed E-state index contributed by atoms with van der Waals surface area (Å²) in [6, 6.07) is 30.5. The predicted octanol–water partition coefficient (Wildman–Crippen LogP) is 6.36. The van der Waals surface area contributed by atoms with Crippen molar-refractivity contribution in [3.8, 4) is 11.5 Å². The van der Waals surface area contributed by atoms with Gasteiger partial charge in [0.2, 0.25) is 11.8 Å². The number of benzene rings is 4. The van der Waals surface area contributed by atoms with Gasteiger partial charge in [0.1, 0.15) is 31.1 Å². The van der Waals surface area contributed by atoms with E-state index in [0.717, 1.165) is 20.1 Å². The van der Waals surface area contributed by atoms with E-state index in [4.69, 9.17) is 9.47 Å². The number of carbonyl (C=O) groups excluding carboxylic acids is 2. The molecule has 0 aromatic heterocycles. The topological polar surface area (TPSA) is 101 Å². The molecule has 0 radical (unpaired) electrons. The van der Waals surface area contributed by atoms with E-state index in [9.17, 15) is 9.59 Å². The first-order chi connectivity index (χ1) is 20.0. The van der Waals surface area contributed by atoms with Crippen molar-refractivity contribution in [2.24, 2.45) is 10.2 Å². The van der Waals surface area contributed by atoms with Gasteiger partial charge in [0.05, 0.1) is 12.4 Å². The van der Waals surface area contributed by atoms with E-state index >= 15 is 0 Å². The highest BCUT2D eigenvalue weighted by molar-refractivity contribution is 9.10. The molecule has 208 valence electrons. The SMILES string of the molecule is O=C(CC(=O)NN=Cc1cc(Br)ccc1OCc1ccccc1)NN=Cc1cc(Br)ccc1OCc1ccccc1. The maximum Gasteiger partial charge on any atom is 0.249 e. The van der Waals surface area contributed by atoms with Gasteiger partial charge >= 0.3 is 0 Å². The van der Waals surface area contributed by atoms with Crippen molar-refractivity contribution in [2.75, 3.05) is 0 Å². The molecule has 0 heterocycles. The summed E-state index contributed by atoms with van der Waals surface area (Å²) in [5, 5.41) is 7.96. The first kappa shape index (κ1) is 29.7. The minimum atomic E-state index is -0.593. The van der Waals surface area contributed by atoms with Gasteiger partial charge in [-0.05, 0) is 47.5 Å². The lowest BCUT2D eigenvalue weighted by Gasteiger charge is -2.10. The highest BCUT2D eigenvalue weighted by Gasteiger charge is 2.09. The molecule has 0 aliphatic heterocycles. The standard InChI is InChI=1S/C31H26Br2N4O4/c32-26-11-13-28(40-20-22-7-3-1-4-8-22)24(15-26)18-34-36-30(38)17-31(39)37-35-19-25-16-27(33)12-14-29(25)41-21-23-9-5-2-6-10-23/h1-16,18-19H,17,20-21H2,(H,36,38)(H,37,39). The Morgan fingerprint density at radius 1 is 0.634 bits per heavy atom. The first-order valence-electron chi connectivity index (χ1n) is 12.5. The van der Waals surface area contributed by atoms with Gasteiger partial charge in [-0.3, -0.25) is 9.59 Å². The van der Waals surface area contributed by atoms with E-state index < -0.39 is 18.2 Å². The minimum absolute atomic E-state index is 0.386. The van der Waals surface area contributed by atoms with Crippen LogP contribution < -0.4 is 20.3 Å². The van der Waals surface area contributed by atoms with Crippen molar-refractivity contribution in [3.63, 3.8) is 0 Å². The van der Waals surface area contributed by atoms with Crippen molar-refractivity contribution in [3.05, 3.63) is 128 Å². The summed E-state index contributed by atoms with van der Waals surface area (Å²) in [6.07, 6.45) is 2.47. The minimum Gasteiger partial charge on any atom is -0.488 e. The quantitative estimate of drug-likeness (QED) is 0.104. The lowest BCUT2D eigenvalue weighted by Crippen LogP contribution is -2.27. The van der Waals surface area contributed by atoms with E-state index in [2.05, 4.69) is 52.9 Å². The Morgan fingerprint density at radius 2 is 1.05 bits per heavy atom. The van der Waals surface area contributed by atoms with E-state index in [1.165, 1.54) is 12.4 Å². The summed E-state index contributed by atoms with van der Waals surface area (Å²) < 4.78 is 13.5. The smallest absolute Gasteiger partial charge is 0.249 e.